The third-order valence-corrected chi connectivity index (χ3v) is 2.08. The van der Waals surface area contributed by atoms with E-state index in [-0.39, 0.29) is 0 Å². The molecule has 4 nitrogen and oxygen atoms in total. The number of hydrogen-bond donors (Lipinski definition) is 4. The molecule has 4 heteroatoms. The van der Waals surface area contributed by atoms with Crippen molar-refractivity contribution >= 4 is 5.71 Å². The van der Waals surface area contributed by atoms with Crippen molar-refractivity contribution < 1.29 is 15.6 Å². The molecule has 0 spiro atoms. The quantitative estimate of drug-likeness (QED) is 0.304. The van der Waals surface area contributed by atoms with Gasteiger partial charge >= 0.3 is 0 Å². The Morgan fingerprint density at radius 3 is 2.29 bits per heavy atom. The molecule has 0 aliphatic heterocycles. The molecule has 0 saturated carbocycles. The average molecular weight is 195 g/mol. The molecule has 0 radical (unpaired) electrons. The molecule has 0 aliphatic rings. The average Bonchev–Trinajstić information content (AvgIpc) is 2.20. The molecule has 0 unspecified atom stereocenters. The van der Waals surface area contributed by atoms with Gasteiger partial charge in [0.1, 0.15) is 5.54 Å². The van der Waals surface area contributed by atoms with Crippen LogP contribution in [0.5, 0.6) is 0 Å². The first kappa shape index (κ1) is 10.7. The van der Waals surface area contributed by atoms with E-state index < -0.39 is 5.54 Å². The first-order valence-electron chi connectivity index (χ1n) is 4.36. The SMILES string of the molecule is CC(C)(NO)/C(=[NH+]\O)c1ccccc1. The number of benzene rings is 1. The van der Waals surface area contributed by atoms with Crippen LogP contribution in [0, 0.1) is 0 Å². The van der Waals surface area contributed by atoms with E-state index in [0.717, 1.165) is 5.56 Å². The summed E-state index contributed by atoms with van der Waals surface area (Å²) in [4.78, 5) is 0. The minimum absolute atomic E-state index is 0.514. The molecule has 0 saturated heterocycles. The number of nitrogens with one attached hydrogen (secondary N) is 2. The Balaban J connectivity index is 3.07. The first-order chi connectivity index (χ1) is 6.61. The molecule has 1 aromatic carbocycles. The fourth-order valence-corrected chi connectivity index (χ4v) is 1.23. The second-order valence-electron chi connectivity index (χ2n) is 3.59. The van der Waals surface area contributed by atoms with Crippen LogP contribution in [0.15, 0.2) is 30.3 Å². The molecule has 0 aromatic heterocycles. The molecular weight excluding hydrogens is 180 g/mol. The molecule has 14 heavy (non-hydrogen) atoms. The second kappa shape index (κ2) is 4.21. The van der Waals surface area contributed by atoms with Crippen molar-refractivity contribution in [2.24, 2.45) is 0 Å². The molecule has 0 heterocycles. The molecule has 1 rings (SSSR count). The maximum atomic E-state index is 9.01. The molecule has 1 aromatic rings. The summed E-state index contributed by atoms with van der Waals surface area (Å²) in [5.74, 6) is 0. The van der Waals surface area contributed by atoms with Crippen LogP contribution in [-0.2, 0) is 0 Å². The maximum absolute atomic E-state index is 9.01. The van der Waals surface area contributed by atoms with Crippen molar-refractivity contribution in [3.8, 4) is 0 Å². The normalized spacial score (nSPS) is 12.9. The molecule has 0 fully saturated rings. The predicted molar refractivity (Wildman–Crippen MR) is 52.3 cm³/mol. The standard InChI is InChI=1S/C10H14N2O2/c1-10(2,12-14)9(11-13)8-6-4-3-5-7-8/h3-7,12-14H,1-2H3/p+1/b11-9-. The highest BCUT2D eigenvalue weighted by atomic mass is 16.5. The Hall–Kier alpha value is -1.39. The Bertz CT molecular complexity index is 320. The molecule has 0 bridgehead atoms. The lowest BCUT2D eigenvalue weighted by Crippen LogP contribution is -2.75. The summed E-state index contributed by atoms with van der Waals surface area (Å²) >= 11 is 0. The minimum atomic E-state index is -0.726. The van der Waals surface area contributed by atoms with Gasteiger partial charge in [0, 0.05) is 5.56 Å². The fraction of sp³-hybridized carbons (Fsp3) is 0.300. The van der Waals surface area contributed by atoms with Gasteiger partial charge in [-0.25, -0.2) is 0 Å². The van der Waals surface area contributed by atoms with E-state index in [2.05, 4.69) is 10.6 Å². The topological polar surface area (TPSA) is 66.5 Å². The lowest BCUT2D eigenvalue weighted by atomic mass is 9.93. The van der Waals surface area contributed by atoms with E-state index in [4.69, 9.17) is 10.4 Å². The highest BCUT2D eigenvalue weighted by Crippen LogP contribution is 2.09. The molecule has 4 N–H and O–H groups in total. The van der Waals surface area contributed by atoms with Crippen molar-refractivity contribution in [1.82, 2.24) is 5.48 Å². The van der Waals surface area contributed by atoms with Gasteiger partial charge in [-0.3, -0.25) is 5.21 Å². The summed E-state index contributed by atoms with van der Waals surface area (Å²) in [6.07, 6.45) is 0. The summed E-state index contributed by atoms with van der Waals surface area (Å²) in [7, 11) is 0. The van der Waals surface area contributed by atoms with Gasteiger partial charge in [-0.15, -0.1) is 0 Å². The van der Waals surface area contributed by atoms with Gasteiger partial charge in [-0.1, -0.05) is 18.2 Å². The molecule has 76 valence electrons. The van der Waals surface area contributed by atoms with Crippen molar-refractivity contribution in [1.29, 1.82) is 0 Å². The van der Waals surface area contributed by atoms with Crippen molar-refractivity contribution in [3.63, 3.8) is 0 Å². The van der Waals surface area contributed by atoms with E-state index in [1.165, 1.54) is 0 Å². The summed E-state index contributed by atoms with van der Waals surface area (Å²) in [6.45, 7) is 3.50. The van der Waals surface area contributed by atoms with Crippen LogP contribution in [0.1, 0.15) is 19.4 Å². The summed E-state index contributed by atoms with van der Waals surface area (Å²) in [5, 5.41) is 20.0. The minimum Gasteiger partial charge on any atom is -0.316 e. The molecule has 0 aliphatic carbocycles. The van der Waals surface area contributed by atoms with Crippen molar-refractivity contribution in [3.05, 3.63) is 35.9 Å². The number of rotatable bonds is 3. The third-order valence-electron chi connectivity index (χ3n) is 2.08. The van der Waals surface area contributed by atoms with Crippen LogP contribution in [0.25, 0.3) is 0 Å². The highest BCUT2D eigenvalue weighted by Gasteiger charge is 2.31. The maximum Gasteiger partial charge on any atom is 0.253 e. The van der Waals surface area contributed by atoms with Crippen LogP contribution in [0.4, 0.5) is 0 Å². The lowest BCUT2D eigenvalue weighted by Gasteiger charge is -2.18. The summed E-state index contributed by atoms with van der Waals surface area (Å²) in [5.41, 5.74) is 2.74. The number of hydrogen-bond acceptors (Lipinski definition) is 3. The van der Waals surface area contributed by atoms with Gasteiger partial charge in [0.25, 0.3) is 5.71 Å². The van der Waals surface area contributed by atoms with Crippen LogP contribution in [-0.4, -0.2) is 21.7 Å². The van der Waals surface area contributed by atoms with Gasteiger partial charge in [0.15, 0.2) is 0 Å². The van der Waals surface area contributed by atoms with Gasteiger partial charge < -0.3 is 5.21 Å². The lowest BCUT2D eigenvalue weighted by molar-refractivity contribution is -0.738. The molecular formula is C10H15N2O2+. The van der Waals surface area contributed by atoms with Crippen LogP contribution in [0.2, 0.25) is 0 Å². The van der Waals surface area contributed by atoms with Crippen LogP contribution >= 0.6 is 0 Å². The van der Waals surface area contributed by atoms with Crippen LogP contribution < -0.4 is 10.6 Å². The summed E-state index contributed by atoms with van der Waals surface area (Å²) in [6, 6.07) is 9.30. The zero-order valence-electron chi connectivity index (χ0n) is 8.28. The van der Waals surface area contributed by atoms with E-state index in [0.29, 0.717) is 5.71 Å². The second-order valence-corrected chi connectivity index (χ2v) is 3.59. The summed E-state index contributed by atoms with van der Waals surface area (Å²) < 4.78 is 0. The Morgan fingerprint density at radius 2 is 1.86 bits per heavy atom. The number of hydroxylamine groups is 1. The molecule has 0 atom stereocenters. The van der Waals surface area contributed by atoms with Gasteiger partial charge in [0.05, 0.1) is 0 Å². The van der Waals surface area contributed by atoms with Gasteiger partial charge in [-0.2, -0.15) is 5.48 Å². The Morgan fingerprint density at radius 1 is 1.29 bits per heavy atom. The van der Waals surface area contributed by atoms with Crippen molar-refractivity contribution in [2.75, 3.05) is 0 Å². The predicted octanol–water partition coefficient (Wildman–Crippen LogP) is -0.297. The van der Waals surface area contributed by atoms with E-state index >= 15 is 0 Å². The zero-order chi connectivity index (χ0) is 10.6. The van der Waals surface area contributed by atoms with Crippen LogP contribution in [0.3, 0.4) is 0 Å². The smallest absolute Gasteiger partial charge is 0.253 e. The molecule has 0 amide bonds. The third kappa shape index (κ3) is 2.10. The van der Waals surface area contributed by atoms with E-state index in [9.17, 15) is 0 Å². The Kier molecular flexibility index (Phi) is 3.22. The van der Waals surface area contributed by atoms with Gasteiger partial charge in [-0.05, 0) is 31.1 Å². The first-order valence-corrected chi connectivity index (χ1v) is 4.36. The zero-order valence-corrected chi connectivity index (χ0v) is 8.28. The fourth-order valence-electron chi connectivity index (χ4n) is 1.23. The van der Waals surface area contributed by atoms with Crippen molar-refractivity contribution in [2.45, 2.75) is 19.4 Å². The van der Waals surface area contributed by atoms with E-state index in [1.54, 1.807) is 13.8 Å². The highest BCUT2D eigenvalue weighted by molar-refractivity contribution is 6.02. The van der Waals surface area contributed by atoms with Gasteiger partial charge in [0.2, 0.25) is 0 Å². The largest absolute Gasteiger partial charge is 0.316 e. The monoisotopic (exact) mass is 195 g/mol. The van der Waals surface area contributed by atoms with E-state index in [1.807, 2.05) is 30.3 Å². The Labute approximate surface area is 82.8 Å².